The Hall–Kier alpha value is -2.76. The summed E-state index contributed by atoms with van der Waals surface area (Å²) in [7, 11) is 1.25. The highest BCUT2D eigenvalue weighted by atomic mass is 19.2. The molecule has 4 nitrogen and oxygen atoms in total. The van der Waals surface area contributed by atoms with Gasteiger partial charge in [0.2, 0.25) is 0 Å². The van der Waals surface area contributed by atoms with Crippen LogP contribution in [0.4, 0.5) is 14.5 Å². The molecule has 0 saturated carbocycles. The Morgan fingerprint density at radius 1 is 1.09 bits per heavy atom. The first-order valence-corrected chi connectivity index (χ1v) is 6.38. The van der Waals surface area contributed by atoms with Gasteiger partial charge in [-0.15, -0.1) is 0 Å². The van der Waals surface area contributed by atoms with Crippen molar-refractivity contribution in [1.82, 2.24) is 0 Å². The highest BCUT2D eigenvalue weighted by Crippen LogP contribution is 2.18. The van der Waals surface area contributed by atoms with Crippen LogP contribution in [-0.4, -0.2) is 19.0 Å². The molecule has 0 heterocycles. The molecule has 1 amide bonds. The Morgan fingerprint density at radius 2 is 1.82 bits per heavy atom. The van der Waals surface area contributed by atoms with E-state index in [1.54, 1.807) is 19.1 Å². The average molecular weight is 305 g/mol. The normalized spacial score (nSPS) is 10.2. The van der Waals surface area contributed by atoms with E-state index in [1.165, 1.54) is 25.3 Å². The maximum Gasteiger partial charge on any atom is 0.338 e. The molecule has 0 bridgehead atoms. The molecule has 0 aliphatic carbocycles. The molecule has 22 heavy (non-hydrogen) atoms. The van der Waals surface area contributed by atoms with E-state index >= 15 is 0 Å². The van der Waals surface area contributed by atoms with Gasteiger partial charge in [0.1, 0.15) is 0 Å². The minimum Gasteiger partial charge on any atom is -0.465 e. The second-order valence-electron chi connectivity index (χ2n) is 4.58. The van der Waals surface area contributed by atoms with Gasteiger partial charge >= 0.3 is 5.97 Å². The Kier molecular flexibility index (Phi) is 4.50. The number of ether oxygens (including phenoxy) is 1. The molecule has 6 heteroatoms. The number of halogens is 2. The smallest absolute Gasteiger partial charge is 0.338 e. The van der Waals surface area contributed by atoms with E-state index in [9.17, 15) is 18.4 Å². The number of benzene rings is 2. The summed E-state index contributed by atoms with van der Waals surface area (Å²) in [6, 6.07) is 7.91. The molecule has 0 saturated heterocycles. The highest BCUT2D eigenvalue weighted by molar-refractivity contribution is 6.05. The number of esters is 1. The van der Waals surface area contributed by atoms with E-state index in [4.69, 9.17) is 0 Å². The SMILES string of the molecule is COC(=O)c1cc(NC(=O)c2cccc(F)c2F)ccc1C. The van der Waals surface area contributed by atoms with Crippen LogP contribution < -0.4 is 5.32 Å². The molecule has 0 fully saturated rings. The van der Waals surface area contributed by atoms with Gasteiger partial charge in [-0.05, 0) is 36.8 Å². The molecule has 114 valence electrons. The minimum absolute atomic E-state index is 0.277. The summed E-state index contributed by atoms with van der Waals surface area (Å²) in [5.74, 6) is -3.69. The van der Waals surface area contributed by atoms with Crippen molar-refractivity contribution in [2.75, 3.05) is 12.4 Å². The summed E-state index contributed by atoms with van der Waals surface area (Å²) >= 11 is 0. The minimum atomic E-state index is -1.22. The number of anilines is 1. The fourth-order valence-corrected chi connectivity index (χ4v) is 1.91. The lowest BCUT2D eigenvalue weighted by atomic mass is 10.1. The predicted molar refractivity (Wildman–Crippen MR) is 76.8 cm³/mol. The van der Waals surface area contributed by atoms with Crippen molar-refractivity contribution in [1.29, 1.82) is 0 Å². The monoisotopic (exact) mass is 305 g/mol. The van der Waals surface area contributed by atoms with Crippen molar-refractivity contribution >= 4 is 17.6 Å². The fraction of sp³-hybridized carbons (Fsp3) is 0.125. The van der Waals surface area contributed by atoms with E-state index < -0.39 is 29.1 Å². The van der Waals surface area contributed by atoms with Gasteiger partial charge in [-0.3, -0.25) is 4.79 Å². The van der Waals surface area contributed by atoms with Crippen molar-refractivity contribution in [3.05, 3.63) is 64.7 Å². The van der Waals surface area contributed by atoms with Crippen LogP contribution in [0.5, 0.6) is 0 Å². The Labute approximate surface area is 125 Å². The number of carbonyl (C=O) groups is 2. The molecular formula is C16H13F2NO3. The molecule has 0 atom stereocenters. The third-order valence-corrected chi connectivity index (χ3v) is 3.10. The molecule has 0 aliphatic heterocycles. The van der Waals surface area contributed by atoms with Crippen LogP contribution in [0.1, 0.15) is 26.3 Å². The van der Waals surface area contributed by atoms with Crippen molar-refractivity contribution in [3.63, 3.8) is 0 Å². The van der Waals surface area contributed by atoms with E-state index in [-0.39, 0.29) is 11.3 Å². The molecule has 0 aliphatic rings. The molecule has 2 aromatic carbocycles. The zero-order valence-electron chi connectivity index (χ0n) is 11.9. The van der Waals surface area contributed by atoms with Crippen LogP contribution in [0, 0.1) is 18.6 Å². The van der Waals surface area contributed by atoms with Crippen LogP contribution in [0.2, 0.25) is 0 Å². The van der Waals surface area contributed by atoms with Crippen molar-refractivity contribution in [2.45, 2.75) is 6.92 Å². The quantitative estimate of drug-likeness (QED) is 0.885. The van der Waals surface area contributed by atoms with Gasteiger partial charge in [-0.25, -0.2) is 13.6 Å². The molecule has 0 unspecified atom stereocenters. The number of hydrogen-bond acceptors (Lipinski definition) is 3. The number of carbonyl (C=O) groups excluding carboxylic acids is 2. The first kappa shape index (κ1) is 15.6. The van der Waals surface area contributed by atoms with Crippen LogP contribution >= 0.6 is 0 Å². The van der Waals surface area contributed by atoms with E-state index in [2.05, 4.69) is 10.1 Å². The number of aryl methyl sites for hydroxylation is 1. The third-order valence-electron chi connectivity index (χ3n) is 3.10. The van der Waals surface area contributed by atoms with Crippen LogP contribution in [0.3, 0.4) is 0 Å². The van der Waals surface area contributed by atoms with Crippen LogP contribution in [0.15, 0.2) is 36.4 Å². The largest absolute Gasteiger partial charge is 0.465 e. The summed E-state index contributed by atoms with van der Waals surface area (Å²) in [5, 5.41) is 2.42. The van der Waals surface area contributed by atoms with Crippen molar-refractivity contribution < 1.29 is 23.1 Å². The van der Waals surface area contributed by atoms with E-state index in [0.717, 1.165) is 6.07 Å². The molecule has 0 spiro atoms. The second-order valence-corrected chi connectivity index (χ2v) is 4.58. The number of nitrogens with one attached hydrogen (secondary N) is 1. The molecule has 2 rings (SSSR count). The predicted octanol–water partition coefficient (Wildman–Crippen LogP) is 3.31. The summed E-state index contributed by atoms with van der Waals surface area (Å²) in [4.78, 5) is 23.6. The third kappa shape index (κ3) is 3.11. The lowest BCUT2D eigenvalue weighted by molar-refractivity contribution is 0.0599. The van der Waals surface area contributed by atoms with Crippen LogP contribution in [-0.2, 0) is 4.74 Å². The van der Waals surface area contributed by atoms with Gasteiger partial charge in [-0.2, -0.15) is 0 Å². The number of methoxy groups -OCH3 is 1. The van der Waals surface area contributed by atoms with Crippen molar-refractivity contribution in [3.8, 4) is 0 Å². The van der Waals surface area contributed by atoms with Gasteiger partial charge in [-0.1, -0.05) is 12.1 Å². The second kappa shape index (κ2) is 6.34. The summed E-state index contributed by atoms with van der Waals surface area (Å²) < 4.78 is 31.3. The zero-order chi connectivity index (χ0) is 16.3. The lowest BCUT2D eigenvalue weighted by Gasteiger charge is -2.09. The number of hydrogen-bond donors (Lipinski definition) is 1. The maximum atomic E-state index is 13.6. The number of rotatable bonds is 3. The summed E-state index contributed by atoms with van der Waals surface area (Å²) in [5.41, 5.74) is 0.807. The van der Waals surface area contributed by atoms with Gasteiger partial charge in [0.15, 0.2) is 11.6 Å². The van der Waals surface area contributed by atoms with Gasteiger partial charge in [0, 0.05) is 5.69 Å². The molecular weight excluding hydrogens is 292 g/mol. The van der Waals surface area contributed by atoms with E-state index in [0.29, 0.717) is 5.56 Å². The topological polar surface area (TPSA) is 55.4 Å². The van der Waals surface area contributed by atoms with Crippen LogP contribution in [0.25, 0.3) is 0 Å². The molecule has 1 N–H and O–H groups in total. The molecule has 0 radical (unpaired) electrons. The van der Waals surface area contributed by atoms with E-state index in [1.807, 2.05) is 0 Å². The Balaban J connectivity index is 2.29. The standard InChI is InChI=1S/C16H13F2NO3/c1-9-6-7-10(8-12(9)16(21)22-2)19-15(20)11-4-3-5-13(17)14(11)18/h3-8H,1-2H3,(H,19,20). The first-order valence-electron chi connectivity index (χ1n) is 6.38. The van der Waals surface area contributed by atoms with Gasteiger partial charge in [0.25, 0.3) is 5.91 Å². The van der Waals surface area contributed by atoms with Gasteiger partial charge < -0.3 is 10.1 Å². The number of amides is 1. The lowest BCUT2D eigenvalue weighted by Crippen LogP contribution is -2.15. The Bertz CT molecular complexity index is 744. The molecule has 0 aromatic heterocycles. The molecule has 2 aromatic rings. The maximum absolute atomic E-state index is 13.6. The van der Waals surface area contributed by atoms with Gasteiger partial charge in [0.05, 0.1) is 18.2 Å². The zero-order valence-corrected chi connectivity index (χ0v) is 11.9. The summed E-state index contributed by atoms with van der Waals surface area (Å²) in [6.07, 6.45) is 0. The first-order chi connectivity index (χ1) is 10.4. The Morgan fingerprint density at radius 3 is 2.50 bits per heavy atom. The fourth-order valence-electron chi connectivity index (χ4n) is 1.91. The van der Waals surface area contributed by atoms with Crippen molar-refractivity contribution in [2.24, 2.45) is 0 Å². The summed E-state index contributed by atoms with van der Waals surface area (Å²) in [6.45, 7) is 1.71. The average Bonchev–Trinajstić information content (AvgIpc) is 2.51. The highest BCUT2D eigenvalue weighted by Gasteiger charge is 2.16.